The van der Waals surface area contributed by atoms with Crippen LogP contribution in [0.1, 0.15) is 0 Å². The normalized spacial score (nSPS) is 12.1. The molecule has 0 spiro atoms. The number of rotatable bonds is 4. The number of nitrogens with zero attached hydrogens (tertiary/aromatic N) is 3. The van der Waals surface area contributed by atoms with Crippen LogP contribution in [0.25, 0.3) is 116 Å². The van der Waals surface area contributed by atoms with Gasteiger partial charge in [-0.05, 0) is 83.9 Å². The molecule has 0 unspecified atom stereocenters. The van der Waals surface area contributed by atoms with Crippen LogP contribution in [0.5, 0.6) is 0 Å². The Morgan fingerprint density at radius 2 is 0.707 bits per heavy atom. The minimum Gasteiger partial charge on any atom is -0.456 e. The van der Waals surface area contributed by atoms with Gasteiger partial charge in [-0.1, -0.05) is 121 Å². The van der Waals surface area contributed by atoms with Crippen LogP contribution in [-0.2, 0) is 0 Å². The lowest BCUT2D eigenvalue weighted by atomic mass is 9.98. The molecule has 0 aliphatic carbocycles. The van der Waals surface area contributed by atoms with Gasteiger partial charge in [-0.2, -0.15) is 0 Å². The van der Waals surface area contributed by atoms with E-state index in [2.05, 4.69) is 202 Å². The Labute approximate surface area is 332 Å². The highest BCUT2D eigenvalue weighted by Gasteiger charge is 2.21. The fraction of sp³-hybridized carbons (Fsp3) is 0. The van der Waals surface area contributed by atoms with Crippen LogP contribution in [-0.4, -0.2) is 13.7 Å². The van der Waals surface area contributed by atoms with E-state index in [1.807, 2.05) is 12.1 Å². The summed E-state index contributed by atoms with van der Waals surface area (Å²) in [5, 5.41) is 9.66. The first-order valence-electron chi connectivity index (χ1n) is 19.8. The first kappa shape index (κ1) is 31.4. The van der Waals surface area contributed by atoms with Crippen molar-refractivity contribution in [2.24, 2.45) is 0 Å². The molecule has 13 rings (SSSR count). The summed E-state index contributed by atoms with van der Waals surface area (Å²) in [4.78, 5) is 0. The second kappa shape index (κ2) is 11.8. The van der Waals surface area contributed by atoms with Gasteiger partial charge in [-0.25, -0.2) is 0 Å². The van der Waals surface area contributed by atoms with Gasteiger partial charge in [-0.15, -0.1) is 0 Å². The second-order valence-corrected chi connectivity index (χ2v) is 15.3. The van der Waals surface area contributed by atoms with E-state index in [0.717, 1.165) is 55.6 Å². The number of aromatic nitrogens is 3. The monoisotopic (exact) mass is 739 g/mol. The van der Waals surface area contributed by atoms with Crippen LogP contribution in [0.15, 0.2) is 205 Å². The Bertz CT molecular complexity index is 3580. The topological polar surface area (TPSA) is 27.9 Å². The van der Waals surface area contributed by atoms with E-state index in [9.17, 15) is 0 Å². The molecule has 4 aromatic heterocycles. The van der Waals surface area contributed by atoms with Gasteiger partial charge in [0.05, 0.1) is 33.1 Å². The van der Waals surface area contributed by atoms with Crippen LogP contribution in [0.2, 0.25) is 0 Å². The van der Waals surface area contributed by atoms with Crippen LogP contribution in [0.3, 0.4) is 0 Å². The molecule has 270 valence electrons. The first-order valence-corrected chi connectivity index (χ1v) is 19.8. The zero-order valence-corrected chi connectivity index (χ0v) is 31.3. The smallest absolute Gasteiger partial charge is 0.137 e. The first-order chi connectivity index (χ1) is 28.8. The Kier molecular flexibility index (Phi) is 6.41. The molecule has 9 aromatic carbocycles. The highest BCUT2D eigenvalue weighted by Crippen LogP contribution is 2.43. The second-order valence-electron chi connectivity index (χ2n) is 15.3. The zero-order chi connectivity index (χ0) is 37.9. The summed E-state index contributed by atoms with van der Waals surface area (Å²) in [6, 6.07) is 72.7. The molecule has 0 saturated heterocycles. The average Bonchev–Trinajstić information content (AvgIpc) is 4.02. The molecule has 13 aromatic rings. The van der Waals surface area contributed by atoms with Crippen LogP contribution >= 0.6 is 0 Å². The van der Waals surface area contributed by atoms with Gasteiger partial charge < -0.3 is 18.1 Å². The molecular weight excluding hydrogens is 707 g/mol. The molecule has 4 heteroatoms. The van der Waals surface area contributed by atoms with Crippen molar-refractivity contribution in [2.45, 2.75) is 0 Å². The van der Waals surface area contributed by atoms with Crippen LogP contribution < -0.4 is 0 Å². The van der Waals surface area contributed by atoms with Crippen molar-refractivity contribution >= 4 is 87.4 Å². The third-order valence-electron chi connectivity index (χ3n) is 12.2. The molecular formula is C54H33N3O. The van der Waals surface area contributed by atoms with Crippen molar-refractivity contribution in [3.8, 4) is 28.2 Å². The van der Waals surface area contributed by atoms with E-state index < -0.39 is 0 Å². The van der Waals surface area contributed by atoms with E-state index >= 15 is 0 Å². The fourth-order valence-corrected chi connectivity index (χ4v) is 9.80. The molecule has 0 amide bonds. The summed E-state index contributed by atoms with van der Waals surface area (Å²) in [6.07, 6.45) is 0. The summed E-state index contributed by atoms with van der Waals surface area (Å²) < 4.78 is 13.7. The molecule has 4 nitrogen and oxygen atoms in total. The molecule has 0 atom stereocenters. The molecule has 0 aliphatic rings. The minimum absolute atomic E-state index is 0.885. The van der Waals surface area contributed by atoms with Gasteiger partial charge >= 0.3 is 0 Å². The largest absolute Gasteiger partial charge is 0.456 e. The SMILES string of the molecule is c1ccc2c(c1)oc1cc(-n3c4ccccc4c4c(-c5cc(-n6c7ccccc7c7ccccc76)cc(-n6c7ccccc7c7ccccc76)c5)cccc43)ccc12. The summed E-state index contributed by atoms with van der Waals surface area (Å²) in [7, 11) is 0. The zero-order valence-electron chi connectivity index (χ0n) is 31.3. The molecule has 0 fully saturated rings. The van der Waals surface area contributed by atoms with Crippen LogP contribution in [0.4, 0.5) is 0 Å². The Hall–Kier alpha value is -7.82. The van der Waals surface area contributed by atoms with E-state index in [-0.39, 0.29) is 0 Å². The summed E-state index contributed by atoms with van der Waals surface area (Å²) >= 11 is 0. The molecule has 0 N–H and O–H groups in total. The lowest BCUT2D eigenvalue weighted by molar-refractivity contribution is 0.668. The van der Waals surface area contributed by atoms with E-state index in [1.165, 1.54) is 59.9 Å². The highest BCUT2D eigenvalue weighted by atomic mass is 16.3. The Morgan fingerprint density at radius 3 is 1.28 bits per heavy atom. The third kappa shape index (κ3) is 4.34. The Morgan fingerprint density at radius 1 is 0.276 bits per heavy atom. The number of furan rings is 1. The maximum absolute atomic E-state index is 6.41. The number of para-hydroxylation sites is 6. The molecule has 58 heavy (non-hydrogen) atoms. The maximum atomic E-state index is 6.41. The number of benzene rings is 9. The molecule has 0 radical (unpaired) electrons. The molecule has 0 aliphatic heterocycles. The number of hydrogen-bond donors (Lipinski definition) is 0. The van der Waals surface area contributed by atoms with E-state index in [0.29, 0.717) is 0 Å². The van der Waals surface area contributed by atoms with E-state index in [4.69, 9.17) is 4.42 Å². The van der Waals surface area contributed by atoms with Crippen molar-refractivity contribution in [3.05, 3.63) is 200 Å². The summed E-state index contributed by atoms with van der Waals surface area (Å²) in [5.41, 5.74) is 14.5. The van der Waals surface area contributed by atoms with Gasteiger partial charge in [0.25, 0.3) is 0 Å². The quantitative estimate of drug-likeness (QED) is 0.177. The molecule has 0 bridgehead atoms. The fourth-order valence-electron chi connectivity index (χ4n) is 9.80. The van der Waals surface area contributed by atoms with Gasteiger partial charge in [0.1, 0.15) is 11.2 Å². The average molecular weight is 740 g/mol. The van der Waals surface area contributed by atoms with Gasteiger partial charge in [0.15, 0.2) is 0 Å². The molecule has 4 heterocycles. The van der Waals surface area contributed by atoms with E-state index in [1.54, 1.807) is 0 Å². The lowest BCUT2D eigenvalue weighted by Gasteiger charge is -2.16. The highest BCUT2D eigenvalue weighted by molar-refractivity contribution is 6.17. The van der Waals surface area contributed by atoms with Gasteiger partial charge in [0.2, 0.25) is 0 Å². The predicted molar refractivity (Wildman–Crippen MR) is 242 cm³/mol. The van der Waals surface area contributed by atoms with Crippen molar-refractivity contribution in [1.82, 2.24) is 13.7 Å². The van der Waals surface area contributed by atoms with Crippen molar-refractivity contribution in [3.63, 3.8) is 0 Å². The summed E-state index contributed by atoms with van der Waals surface area (Å²) in [6.45, 7) is 0. The van der Waals surface area contributed by atoms with Crippen LogP contribution in [0, 0.1) is 0 Å². The third-order valence-corrected chi connectivity index (χ3v) is 12.2. The van der Waals surface area contributed by atoms with Gasteiger partial charge in [-0.3, -0.25) is 0 Å². The standard InChI is InChI=1S/C54H33N3O/c1-7-21-46-39(14-1)40-15-2-8-22-47(40)56(46)36-30-34(31-37(32-36)57-48-23-9-3-16-41(48)42-17-4-10-24-49(42)57)38-20-13-26-51-54(38)45-19-5-11-25-50(45)55(51)35-28-29-44-43-18-6-12-27-52(43)58-53(44)33-35/h1-33H. The minimum atomic E-state index is 0.885. The van der Waals surface area contributed by atoms with Crippen molar-refractivity contribution < 1.29 is 4.42 Å². The number of hydrogen-bond acceptors (Lipinski definition) is 1. The van der Waals surface area contributed by atoms with Crippen molar-refractivity contribution in [2.75, 3.05) is 0 Å². The summed E-state index contributed by atoms with van der Waals surface area (Å²) in [5.74, 6) is 0. The lowest BCUT2D eigenvalue weighted by Crippen LogP contribution is -2.00. The maximum Gasteiger partial charge on any atom is 0.137 e. The van der Waals surface area contributed by atoms with Crippen molar-refractivity contribution in [1.29, 1.82) is 0 Å². The molecule has 0 saturated carbocycles. The number of fused-ring (bicyclic) bond motifs is 12. The predicted octanol–water partition coefficient (Wildman–Crippen LogP) is 14.5. The van der Waals surface area contributed by atoms with Gasteiger partial charge in [0, 0.05) is 66.2 Å². The Balaban J connectivity index is 1.13.